The number of hydrogen-bond acceptors (Lipinski definition) is 4. The Balaban J connectivity index is 1.74. The lowest BCUT2D eigenvalue weighted by Gasteiger charge is -2.17. The van der Waals surface area contributed by atoms with Crippen LogP contribution in [0.25, 0.3) is 0 Å². The standard InChI is InChI=1S/C18H18N2O3/c21-17-8-5-14(11-16(17)18(22)23)19-12-13-3-6-15(7-4-13)20-9-1-2-10-20/h3-8,11-12,21H,1-2,9-10H2,(H,22,23). The molecule has 1 aliphatic heterocycles. The van der Waals surface area contributed by atoms with Gasteiger partial charge in [-0.25, -0.2) is 4.79 Å². The van der Waals surface area contributed by atoms with Gasteiger partial charge in [0.25, 0.3) is 0 Å². The van der Waals surface area contributed by atoms with Gasteiger partial charge in [-0.15, -0.1) is 0 Å². The maximum Gasteiger partial charge on any atom is 0.339 e. The molecule has 0 atom stereocenters. The van der Waals surface area contributed by atoms with Crippen LogP contribution in [0, 0.1) is 0 Å². The molecule has 0 amide bonds. The van der Waals surface area contributed by atoms with Gasteiger partial charge in [0.05, 0.1) is 5.69 Å². The zero-order chi connectivity index (χ0) is 16.2. The van der Waals surface area contributed by atoms with Crippen molar-refractivity contribution < 1.29 is 15.0 Å². The number of aromatic carboxylic acids is 1. The first-order chi connectivity index (χ1) is 11.1. The maximum atomic E-state index is 11.0. The quantitative estimate of drug-likeness (QED) is 0.848. The van der Waals surface area contributed by atoms with Crippen molar-refractivity contribution in [2.45, 2.75) is 12.8 Å². The van der Waals surface area contributed by atoms with Crippen molar-refractivity contribution in [3.05, 3.63) is 53.6 Å². The number of aliphatic imine (C=N–C) groups is 1. The molecule has 1 saturated heterocycles. The molecule has 0 saturated carbocycles. The van der Waals surface area contributed by atoms with Crippen LogP contribution in [0.3, 0.4) is 0 Å². The third-order valence-corrected chi connectivity index (χ3v) is 3.94. The highest BCUT2D eigenvalue weighted by atomic mass is 16.4. The molecule has 0 bridgehead atoms. The van der Waals surface area contributed by atoms with Crippen LogP contribution < -0.4 is 4.90 Å². The van der Waals surface area contributed by atoms with Crippen molar-refractivity contribution >= 4 is 23.6 Å². The molecule has 0 aromatic heterocycles. The average molecular weight is 310 g/mol. The molecular weight excluding hydrogens is 292 g/mol. The van der Waals surface area contributed by atoms with E-state index >= 15 is 0 Å². The number of hydrogen-bond donors (Lipinski definition) is 2. The second kappa shape index (κ2) is 6.52. The van der Waals surface area contributed by atoms with Gasteiger partial charge in [0.2, 0.25) is 0 Å². The topological polar surface area (TPSA) is 73.1 Å². The number of phenols is 1. The monoisotopic (exact) mass is 310 g/mol. The Morgan fingerprint density at radius 1 is 1.09 bits per heavy atom. The second-order valence-electron chi connectivity index (χ2n) is 5.55. The number of carboxylic acids is 1. The van der Waals surface area contributed by atoms with E-state index < -0.39 is 5.97 Å². The fraction of sp³-hybridized carbons (Fsp3) is 0.222. The summed E-state index contributed by atoms with van der Waals surface area (Å²) in [7, 11) is 0. The third-order valence-electron chi connectivity index (χ3n) is 3.94. The van der Waals surface area contributed by atoms with Crippen molar-refractivity contribution in [1.29, 1.82) is 0 Å². The van der Waals surface area contributed by atoms with E-state index in [0.717, 1.165) is 18.7 Å². The fourth-order valence-corrected chi connectivity index (χ4v) is 2.67. The van der Waals surface area contributed by atoms with E-state index in [1.165, 1.54) is 30.7 Å². The summed E-state index contributed by atoms with van der Waals surface area (Å²) in [6.07, 6.45) is 4.18. The van der Waals surface area contributed by atoms with E-state index in [1.807, 2.05) is 12.1 Å². The van der Waals surface area contributed by atoms with Gasteiger partial charge in [-0.3, -0.25) is 4.99 Å². The zero-order valence-corrected chi connectivity index (χ0v) is 12.6. The van der Waals surface area contributed by atoms with E-state index in [1.54, 1.807) is 12.3 Å². The predicted molar refractivity (Wildman–Crippen MR) is 90.2 cm³/mol. The fourth-order valence-electron chi connectivity index (χ4n) is 2.67. The van der Waals surface area contributed by atoms with Gasteiger partial charge in [0, 0.05) is 25.0 Å². The number of rotatable bonds is 4. The van der Waals surface area contributed by atoms with Gasteiger partial charge in [0.15, 0.2) is 0 Å². The molecule has 0 radical (unpaired) electrons. The van der Waals surface area contributed by atoms with E-state index in [0.29, 0.717) is 5.69 Å². The molecule has 1 fully saturated rings. The minimum Gasteiger partial charge on any atom is -0.507 e. The normalized spacial score (nSPS) is 14.5. The predicted octanol–water partition coefficient (Wildman–Crippen LogP) is 3.44. The third kappa shape index (κ3) is 3.51. The lowest BCUT2D eigenvalue weighted by Crippen LogP contribution is -2.17. The molecule has 2 aromatic carbocycles. The highest BCUT2D eigenvalue weighted by molar-refractivity contribution is 5.92. The number of benzene rings is 2. The summed E-state index contributed by atoms with van der Waals surface area (Å²) < 4.78 is 0. The molecule has 3 rings (SSSR count). The van der Waals surface area contributed by atoms with E-state index in [-0.39, 0.29) is 11.3 Å². The Labute approximate surface area is 134 Å². The van der Waals surface area contributed by atoms with Gasteiger partial charge in [-0.2, -0.15) is 0 Å². The smallest absolute Gasteiger partial charge is 0.339 e. The van der Waals surface area contributed by atoms with Crippen molar-refractivity contribution in [2.75, 3.05) is 18.0 Å². The first-order valence-electron chi connectivity index (χ1n) is 7.59. The van der Waals surface area contributed by atoms with Crippen LogP contribution in [-0.4, -0.2) is 35.5 Å². The molecule has 0 spiro atoms. The molecule has 23 heavy (non-hydrogen) atoms. The van der Waals surface area contributed by atoms with Crippen molar-refractivity contribution in [3.63, 3.8) is 0 Å². The molecule has 2 aromatic rings. The van der Waals surface area contributed by atoms with Crippen LogP contribution in [0.5, 0.6) is 5.75 Å². The van der Waals surface area contributed by atoms with Gasteiger partial charge in [0.1, 0.15) is 11.3 Å². The van der Waals surface area contributed by atoms with E-state index in [9.17, 15) is 9.90 Å². The molecule has 2 N–H and O–H groups in total. The van der Waals surface area contributed by atoms with Gasteiger partial charge < -0.3 is 15.1 Å². The van der Waals surface area contributed by atoms with Gasteiger partial charge >= 0.3 is 5.97 Å². The molecule has 118 valence electrons. The molecule has 1 heterocycles. The highest BCUT2D eigenvalue weighted by Crippen LogP contribution is 2.24. The Kier molecular flexibility index (Phi) is 4.28. The van der Waals surface area contributed by atoms with E-state index in [2.05, 4.69) is 22.0 Å². The van der Waals surface area contributed by atoms with Crippen molar-refractivity contribution in [2.24, 2.45) is 4.99 Å². The number of aromatic hydroxyl groups is 1. The molecule has 5 nitrogen and oxygen atoms in total. The second-order valence-corrected chi connectivity index (χ2v) is 5.55. The summed E-state index contributed by atoms with van der Waals surface area (Å²) in [4.78, 5) is 17.6. The van der Waals surface area contributed by atoms with E-state index in [4.69, 9.17) is 5.11 Å². The summed E-state index contributed by atoms with van der Waals surface area (Å²) >= 11 is 0. The van der Waals surface area contributed by atoms with Crippen LogP contribution in [0.15, 0.2) is 47.5 Å². The summed E-state index contributed by atoms with van der Waals surface area (Å²) in [6.45, 7) is 2.22. The number of anilines is 1. The number of nitrogens with zero attached hydrogens (tertiary/aromatic N) is 2. The van der Waals surface area contributed by atoms with Crippen LogP contribution in [0.2, 0.25) is 0 Å². The summed E-state index contributed by atoms with van der Waals surface area (Å²) in [5, 5.41) is 18.5. The number of carbonyl (C=O) groups is 1. The first-order valence-corrected chi connectivity index (χ1v) is 7.59. The van der Waals surface area contributed by atoms with Crippen LogP contribution in [0.4, 0.5) is 11.4 Å². The Morgan fingerprint density at radius 3 is 2.43 bits per heavy atom. The van der Waals surface area contributed by atoms with Gasteiger partial charge in [-0.05, 0) is 48.7 Å². The first kappa shape index (κ1) is 15.1. The Morgan fingerprint density at radius 2 is 1.78 bits per heavy atom. The Hall–Kier alpha value is -2.82. The number of carboxylic acid groups (broad SMARTS) is 1. The molecule has 5 heteroatoms. The molecule has 1 aliphatic rings. The highest BCUT2D eigenvalue weighted by Gasteiger charge is 2.11. The van der Waals surface area contributed by atoms with Crippen molar-refractivity contribution in [1.82, 2.24) is 0 Å². The molecular formula is C18H18N2O3. The average Bonchev–Trinajstić information content (AvgIpc) is 3.09. The minimum absolute atomic E-state index is 0.149. The lowest BCUT2D eigenvalue weighted by atomic mass is 10.1. The molecule has 0 unspecified atom stereocenters. The minimum atomic E-state index is -1.17. The Bertz CT molecular complexity index is 732. The zero-order valence-electron chi connectivity index (χ0n) is 12.6. The van der Waals surface area contributed by atoms with Crippen LogP contribution >= 0.6 is 0 Å². The van der Waals surface area contributed by atoms with Crippen LogP contribution in [-0.2, 0) is 0 Å². The van der Waals surface area contributed by atoms with Crippen LogP contribution in [0.1, 0.15) is 28.8 Å². The SMILES string of the molecule is O=C(O)c1cc(N=Cc2ccc(N3CCCC3)cc2)ccc1O. The maximum absolute atomic E-state index is 11.0. The summed E-state index contributed by atoms with van der Waals surface area (Å²) in [6, 6.07) is 12.4. The summed E-state index contributed by atoms with van der Waals surface area (Å²) in [5.41, 5.74) is 2.50. The largest absolute Gasteiger partial charge is 0.507 e. The van der Waals surface area contributed by atoms with Gasteiger partial charge in [-0.1, -0.05) is 12.1 Å². The summed E-state index contributed by atoms with van der Waals surface area (Å²) in [5.74, 6) is -1.43. The molecule has 0 aliphatic carbocycles. The lowest BCUT2D eigenvalue weighted by molar-refractivity contribution is 0.0694. The van der Waals surface area contributed by atoms with Crippen molar-refractivity contribution in [3.8, 4) is 5.75 Å².